The minimum Gasteiger partial charge on any atom is -0.377 e. The smallest absolute Gasteiger partial charge is 0.292 e. The second-order valence-electron chi connectivity index (χ2n) is 6.61. The summed E-state index contributed by atoms with van der Waals surface area (Å²) in [5, 5.41) is 14.5. The summed E-state index contributed by atoms with van der Waals surface area (Å²) in [6.07, 6.45) is 0.790. The molecule has 1 aromatic rings. The number of benzene rings is 1. The van der Waals surface area contributed by atoms with Crippen LogP contribution in [0.5, 0.6) is 0 Å². The third-order valence-corrected chi connectivity index (χ3v) is 6.80. The molecule has 1 saturated heterocycles. The number of sulfonamides is 1. The second kappa shape index (κ2) is 10.0. The van der Waals surface area contributed by atoms with E-state index < -0.39 is 14.9 Å². The van der Waals surface area contributed by atoms with E-state index in [-0.39, 0.29) is 17.5 Å². The van der Waals surface area contributed by atoms with Crippen LogP contribution in [0.15, 0.2) is 18.2 Å². The van der Waals surface area contributed by atoms with Gasteiger partial charge in [0.25, 0.3) is 5.69 Å². The maximum absolute atomic E-state index is 12.0. The van der Waals surface area contributed by atoms with Crippen molar-refractivity contribution in [3.8, 4) is 0 Å². The van der Waals surface area contributed by atoms with Gasteiger partial charge in [0.05, 0.1) is 16.8 Å². The van der Waals surface area contributed by atoms with Gasteiger partial charge in [-0.05, 0) is 32.4 Å². The molecule has 158 valence electrons. The lowest BCUT2D eigenvalue weighted by Crippen LogP contribution is -2.49. The van der Waals surface area contributed by atoms with Gasteiger partial charge >= 0.3 is 0 Å². The highest BCUT2D eigenvalue weighted by Crippen LogP contribution is 2.30. The molecule has 10 heteroatoms. The number of nitrogens with one attached hydrogen (secondary N) is 1. The molecule has 1 N–H and O–H groups in total. The molecule has 0 aromatic heterocycles. The minimum absolute atomic E-state index is 0.0160. The summed E-state index contributed by atoms with van der Waals surface area (Å²) in [5.41, 5.74) is 1.30. The van der Waals surface area contributed by atoms with E-state index in [9.17, 15) is 18.5 Å². The second-order valence-corrected chi connectivity index (χ2v) is 8.87. The molecule has 0 amide bonds. The number of piperazine rings is 1. The topological polar surface area (TPSA) is 105 Å². The Hall–Kier alpha value is -1.91. The van der Waals surface area contributed by atoms with Crippen molar-refractivity contribution in [3.05, 3.63) is 28.3 Å². The van der Waals surface area contributed by atoms with Crippen molar-refractivity contribution in [1.82, 2.24) is 4.31 Å². The number of rotatable bonds is 10. The van der Waals surface area contributed by atoms with Gasteiger partial charge < -0.3 is 15.0 Å². The fourth-order valence-corrected chi connectivity index (χ4v) is 4.29. The Labute approximate surface area is 166 Å². The van der Waals surface area contributed by atoms with Crippen LogP contribution in [0.4, 0.5) is 17.1 Å². The van der Waals surface area contributed by atoms with Gasteiger partial charge in [-0.3, -0.25) is 10.1 Å². The molecule has 0 spiro atoms. The average molecular weight is 415 g/mol. The predicted molar refractivity (Wildman–Crippen MR) is 111 cm³/mol. The van der Waals surface area contributed by atoms with Crippen LogP contribution in [0.3, 0.4) is 0 Å². The Kier molecular flexibility index (Phi) is 8.02. The Morgan fingerprint density at radius 1 is 1.21 bits per heavy atom. The first kappa shape index (κ1) is 22.4. The summed E-state index contributed by atoms with van der Waals surface area (Å²) in [7, 11) is -3.19. The number of nitro groups is 1. The predicted octanol–water partition coefficient (Wildman–Crippen LogP) is 2.29. The van der Waals surface area contributed by atoms with Crippen LogP contribution < -0.4 is 10.2 Å². The molecule has 1 aliphatic heterocycles. The molecule has 0 aliphatic carbocycles. The van der Waals surface area contributed by atoms with Crippen molar-refractivity contribution in [3.63, 3.8) is 0 Å². The van der Waals surface area contributed by atoms with Gasteiger partial charge in [-0.15, -0.1) is 0 Å². The molecule has 1 atom stereocenters. The zero-order valence-corrected chi connectivity index (χ0v) is 17.6. The van der Waals surface area contributed by atoms with Gasteiger partial charge in [0.2, 0.25) is 10.0 Å². The number of hydrogen-bond acceptors (Lipinski definition) is 7. The van der Waals surface area contributed by atoms with E-state index in [2.05, 4.69) is 10.2 Å². The SMILES string of the molecule is CCOC(CC)CNc1cc(N2CCN(S(=O)(=O)CC)CC2)ccc1[N+](=O)[O-]. The van der Waals surface area contributed by atoms with Crippen molar-refractivity contribution >= 4 is 27.1 Å². The molecule has 0 saturated carbocycles. The van der Waals surface area contributed by atoms with Gasteiger partial charge in [0.1, 0.15) is 5.69 Å². The van der Waals surface area contributed by atoms with Gasteiger partial charge in [-0.2, -0.15) is 4.31 Å². The third-order valence-electron chi connectivity index (χ3n) is 4.92. The molecule has 1 aliphatic rings. The van der Waals surface area contributed by atoms with Crippen LogP contribution in [0.1, 0.15) is 27.2 Å². The molecule has 1 fully saturated rings. The Bertz CT molecular complexity index is 763. The summed E-state index contributed by atoms with van der Waals surface area (Å²) in [5.74, 6) is 0.0943. The maximum atomic E-state index is 12.0. The van der Waals surface area contributed by atoms with Gasteiger partial charge in [-0.25, -0.2) is 8.42 Å². The number of anilines is 2. The lowest BCUT2D eigenvalue weighted by molar-refractivity contribution is -0.384. The highest BCUT2D eigenvalue weighted by molar-refractivity contribution is 7.89. The number of ether oxygens (including phenoxy) is 1. The fraction of sp³-hybridized carbons (Fsp3) is 0.667. The Morgan fingerprint density at radius 3 is 2.43 bits per heavy atom. The largest absolute Gasteiger partial charge is 0.377 e. The average Bonchev–Trinajstić information content (AvgIpc) is 2.70. The lowest BCUT2D eigenvalue weighted by atomic mass is 10.2. The van der Waals surface area contributed by atoms with Crippen LogP contribution in [0, 0.1) is 10.1 Å². The number of hydrogen-bond donors (Lipinski definition) is 1. The molecule has 9 nitrogen and oxygen atoms in total. The van der Waals surface area contributed by atoms with Crippen molar-refractivity contribution in [2.45, 2.75) is 33.3 Å². The van der Waals surface area contributed by atoms with Crippen molar-refractivity contribution in [2.75, 3.05) is 55.3 Å². The van der Waals surface area contributed by atoms with E-state index in [1.165, 1.54) is 10.4 Å². The zero-order chi connectivity index (χ0) is 20.7. The lowest BCUT2D eigenvalue weighted by Gasteiger charge is -2.35. The molecule has 0 radical (unpaired) electrons. The Morgan fingerprint density at radius 2 is 1.89 bits per heavy atom. The Balaban J connectivity index is 2.13. The molecule has 28 heavy (non-hydrogen) atoms. The van der Waals surface area contributed by atoms with Crippen LogP contribution in [-0.4, -0.2) is 68.8 Å². The first-order chi connectivity index (χ1) is 13.3. The van der Waals surface area contributed by atoms with E-state index in [1.807, 2.05) is 13.8 Å². The standard InChI is InChI=1S/C18H30N4O5S/c1-4-16(27-5-2)14-19-17-13-15(7-8-18(17)22(23)24)20-9-11-21(12-10-20)28(25,26)6-3/h7-8,13,16,19H,4-6,9-12,14H2,1-3H3. The number of nitro benzene ring substituents is 1. The fourth-order valence-electron chi connectivity index (χ4n) is 3.21. The van der Waals surface area contributed by atoms with Crippen molar-refractivity contribution in [2.24, 2.45) is 0 Å². The first-order valence-electron chi connectivity index (χ1n) is 9.69. The molecule has 1 heterocycles. The van der Waals surface area contributed by atoms with E-state index >= 15 is 0 Å². The molecule has 1 aromatic carbocycles. The summed E-state index contributed by atoms with van der Waals surface area (Å²) in [4.78, 5) is 13.0. The van der Waals surface area contributed by atoms with E-state index in [1.54, 1.807) is 19.1 Å². The molecular weight excluding hydrogens is 384 g/mol. The van der Waals surface area contributed by atoms with Crippen LogP contribution in [0.25, 0.3) is 0 Å². The number of nitrogens with zero attached hydrogens (tertiary/aromatic N) is 3. The maximum Gasteiger partial charge on any atom is 0.292 e. The third kappa shape index (κ3) is 5.55. The van der Waals surface area contributed by atoms with E-state index in [0.717, 1.165) is 12.1 Å². The summed E-state index contributed by atoms with van der Waals surface area (Å²) >= 11 is 0. The molecule has 2 rings (SSSR count). The quantitative estimate of drug-likeness (QED) is 0.462. The van der Waals surface area contributed by atoms with Crippen molar-refractivity contribution in [1.29, 1.82) is 0 Å². The van der Waals surface area contributed by atoms with Crippen LogP contribution >= 0.6 is 0 Å². The van der Waals surface area contributed by atoms with Gasteiger partial charge in [0.15, 0.2) is 0 Å². The molecular formula is C18H30N4O5S. The highest BCUT2D eigenvalue weighted by atomic mass is 32.2. The minimum atomic E-state index is -3.19. The van der Waals surface area contributed by atoms with Crippen LogP contribution in [-0.2, 0) is 14.8 Å². The molecule has 1 unspecified atom stereocenters. The van der Waals surface area contributed by atoms with Gasteiger partial charge in [0, 0.05) is 51.1 Å². The van der Waals surface area contributed by atoms with Crippen LogP contribution in [0.2, 0.25) is 0 Å². The highest BCUT2D eigenvalue weighted by Gasteiger charge is 2.26. The van der Waals surface area contributed by atoms with E-state index in [4.69, 9.17) is 4.74 Å². The zero-order valence-electron chi connectivity index (χ0n) is 16.8. The monoisotopic (exact) mass is 414 g/mol. The summed E-state index contributed by atoms with van der Waals surface area (Å²) in [6.45, 7) is 8.57. The summed E-state index contributed by atoms with van der Waals surface area (Å²) < 4.78 is 31.1. The van der Waals surface area contributed by atoms with Gasteiger partial charge in [-0.1, -0.05) is 6.92 Å². The summed E-state index contributed by atoms with van der Waals surface area (Å²) in [6, 6.07) is 4.97. The first-order valence-corrected chi connectivity index (χ1v) is 11.3. The molecule has 0 bridgehead atoms. The normalized spacial score (nSPS) is 16.8. The van der Waals surface area contributed by atoms with Crippen molar-refractivity contribution < 1.29 is 18.1 Å². The van der Waals surface area contributed by atoms with E-state index in [0.29, 0.717) is 45.0 Å².